The molecule has 1 N–H and O–H groups in total. The smallest absolute Gasteiger partial charge is 0.349 e. The number of nitrogens with one attached hydrogen (secondary N) is 1. The minimum Gasteiger partial charge on any atom is -0.490 e. The van der Waals surface area contributed by atoms with Crippen LogP contribution in [-0.2, 0) is 0 Å². The van der Waals surface area contributed by atoms with E-state index in [1.54, 1.807) is 18.2 Å². The van der Waals surface area contributed by atoms with Gasteiger partial charge in [-0.25, -0.2) is 4.79 Å². The van der Waals surface area contributed by atoms with E-state index in [-0.39, 0.29) is 17.5 Å². The third-order valence-electron chi connectivity index (χ3n) is 4.08. The van der Waals surface area contributed by atoms with Gasteiger partial charge in [-0.1, -0.05) is 39.3 Å². The van der Waals surface area contributed by atoms with Crippen LogP contribution < -0.4 is 15.7 Å². The first kappa shape index (κ1) is 18.0. The van der Waals surface area contributed by atoms with Gasteiger partial charge in [-0.05, 0) is 31.4 Å². The quantitative estimate of drug-likeness (QED) is 0.620. The van der Waals surface area contributed by atoms with Gasteiger partial charge in [-0.2, -0.15) is 0 Å². The molecule has 1 heterocycles. The van der Waals surface area contributed by atoms with Crippen molar-refractivity contribution in [2.75, 3.05) is 6.61 Å². The molecule has 1 amide bonds. The van der Waals surface area contributed by atoms with Crippen LogP contribution in [-0.4, -0.2) is 18.6 Å². The molecule has 0 fully saturated rings. The molecule has 0 radical (unpaired) electrons. The van der Waals surface area contributed by atoms with Gasteiger partial charge in [-0.15, -0.1) is 0 Å². The summed E-state index contributed by atoms with van der Waals surface area (Å²) in [4.78, 5) is 24.5. The molecular formula is C19H25NO4. The first-order valence-electron chi connectivity index (χ1n) is 8.44. The summed E-state index contributed by atoms with van der Waals surface area (Å²) in [5.41, 5.74) is -0.254. The highest BCUT2D eigenvalue weighted by Crippen LogP contribution is 2.25. The summed E-state index contributed by atoms with van der Waals surface area (Å²) in [6, 6.07) is 6.92. The Morgan fingerprint density at radius 1 is 1.29 bits per heavy atom. The Bertz CT molecular complexity index is 764. The van der Waals surface area contributed by atoms with E-state index in [9.17, 15) is 9.59 Å². The van der Waals surface area contributed by atoms with Crippen LogP contribution in [0.1, 0.15) is 50.9 Å². The molecule has 24 heavy (non-hydrogen) atoms. The highest BCUT2D eigenvalue weighted by Gasteiger charge is 2.18. The van der Waals surface area contributed by atoms with E-state index < -0.39 is 11.5 Å². The predicted molar refractivity (Wildman–Crippen MR) is 94.7 cm³/mol. The van der Waals surface area contributed by atoms with E-state index in [0.29, 0.717) is 23.3 Å². The number of carbonyl (C=O) groups is 1. The second-order valence-corrected chi connectivity index (χ2v) is 6.33. The predicted octanol–water partition coefficient (Wildman–Crippen LogP) is 3.75. The minimum absolute atomic E-state index is 0.0145. The number of amides is 1. The van der Waals surface area contributed by atoms with Gasteiger partial charge in [0.1, 0.15) is 5.56 Å². The Kier molecular flexibility index (Phi) is 6.01. The summed E-state index contributed by atoms with van der Waals surface area (Å²) < 4.78 is 11.1. The zero-order chi connectivity index (χ0) is 17.7. The minimum atomic E-state index is -0.650. The number of rotatable bonds is 7. The van der Waals surface area contributed by atoms with Crippen LogP contribution in [0.15, 0.2) is 33.5 Å². The van der Waals surface area contributed by atoms with E-state index >= 15 is 0 Å². The number of unbranched alkanes of at least 4 members (excludes halogenated alkanes) is 1. The molecule has 0 saturated carbocycles. The fraction of sp³-hybridized carbons (Fsp3) is 0.474. The van der Waals surface area contributed by atoms with Crippen molar-refractivity contribution in [3.05, 3.63) is 40.2 Å². The topological polar surface area (TPSA) is 68.5 Å². The number of benzene rings is 1. The Hall–Kier alpha value is -2.30. The molecule has 1 aromatic carbocycles. The molecule has 0 aliphatic rings. The van der Waals surface area contributed by atoms with Crippen molar-refractivity contribution in [1.29, 1.82) is 0 Å². The van der Waals surface area contributed by atoms with Gasteiger partial charge in [0, 0.05) is 11.4 Å². The Morgan fingerprint density at radius 3 is 2.71 bits per heavy atom. The molecule has 0 bridgehead atoms. The molecule has 1 atom stereocenters. The first-order valence-corrected chi connectivity index (χ1v) is 8.44. The number of hydrogen-bond donors (Lipinski definition) is 1. The SMILES string of the molecule is CCCCOc1cccc2cc(C(=O)NC(C)C(C)C)c(=O)oc12. The van der Waals surface area contributed by atoms with E-state index in [4.69, 9.17) is 9.15 Å². The van der Waals surface area contributed by atoms with Crippen molar-refractivity contribution in [3.8, 4) is 5.75 Å². The maximum absolute atomic E-state index is 12.3. The monoisotopic (exact) mass is 331 g/mol. The van der Waals surface area contributed by atoms with Gasteiger partial charge in [-0.3, -0.25) is 4.79 Å². The van der Waals surface area contributed by atoms with Gasteiger partial charge in [0.05, 0.1) is 6.61 Å². The summed E-state index contributed by atoms with van der Waals surface area (Å²) in [5, 5.41) is 3.50. The number of carbonyl (C=O) groups excluding carboxylic acids is 1. The van der Waals surface area contributed by atoms with Gasteiger partial charge in [0.2, 0.25) is 0 Å². The Balaban J connectivity index is 2.33. The number of hydrogen-bond acceptors (Lipinski definition) is 4. The van der Waals surface area contributed by atoms with Crippen molar-refractivity contribution < 1.29 is 13.9 Å². The molecule has 0 aliphatic carbocycles. The van der Waals surface area contributed by atoms with Gasteiger partial charge < -0.3 is 14.5 Å². The zero-order valence-electron chi connectivity index (χ0n) is 14.7. The largest absolute Gasteiger partial charge is 0.490 e. The molecule has 1 unspecified atom stereocenters. The van der Waals surface area contributed by atoms with E-state index in [1.807, 2.05) is 26.8 Å². The maximum Gasteiger partial charge on any atom is 0.349 e. The van der Waals surface area contributed by atoms with E-state index in [0.717, 1.165) is 12.8 Å². The standard InChI is InChI=1S/C19H25NO4/c1-5-6-10-23-16-9-7-8-14-11-15(19(22)24-17(14)16)18(21)20-13(4)12(2)3/h7-9,11-13H,5-6,10H2,1-4H3,(H,20,21). The van der Waals surface area contributed by atoms with Crippen molar-refractivity contribution in [2.45, 2.75) is 46.6 Å². The highest BCUT2D eigenvalue weighted by molar-refractivity contribution is 5.97. The zero-order valence-corrected chi connectivity index (χ0v) is 14.7. The van der Waals surface area contributed by atoms with Crippen LogP contribution in [0.4, 0.5) is 0 Å². The number of ether oxygens (including phenoxy) is 1. The molecule has 0 saturated heterocycles. The number of para-hydroxylation sites is 1. The third kappa shape index (κ3) is 4.16. The summed E-state index contributed by atoms with van der Waals surface area (Å²) in [6.07, 6.45) is 1.95. The molecule has 5 nitrogen and oxygen atoms in total. The van der Waals surface area contributed by atoms with Gasteiger partial charge in [0.15, 0.2) is 11.3 Å². The summed E-state index contributed by atoms with van der Waals surface area (Å²) >= 11 is 0. The lowest BCUT2D eigenvalue weighted by molar-refractivity contribution is 0.0927. The van der Waals surface area contributed by atoms with Crippen molar-refractivity contribution >= 4 is 16.9 Å². The molecule has 5 heteroatoms. The first-order chi connectivity index (χ1) is 11.4. The van der Waals surface area contributed by atoms with Crippen molar-refractivity contribution in [2.24, 2.45) is 5.92 Å². The lowest BCUT2D eigenvalue weighted by Gasteiger charge is -2.17. The van der Waals surface area contributed by atoms with E-state index in [1.165, 1.54) is 0 Å². The summed E-state index contributed by atoms with van der Waals surface area (Å²) in [5.74, 6) is 0.393. The van der Waals surface area contributed by atoms with Gasteiger partial charge >= 0.3 is 5.63 Å². The van der Waals surface area contributed by atoms with Crippen LogP contribution >= 0.6 is 0 Å². The summed E-state index contributed by atoms with van der Waals surface area (Å²) in [6.45, 7) is 8.56. The molecule has 2 rings (SSSR count). The fourth-order valence-electron chi connectivity index (χ4n) is 2.17. The lowest BCUT2D eigenvalue weighted by atomic mass is 10.1. The van der Waals surface area contributed by atoms with Crippen LogP contribution in [0.3, 0.4) is 0 Å². The third-order valence-corrected chi connectivity index (χ3v) is 4.08. The van der Waals surface area contributed by atoms with Crippen LogP contribution in [0.2, 0.25) is 0 Å². The Labute approximate surface area is 142 Å². The average Bonchev–Trinajstić information content (AvgIpc) is 2.54. The Morgan fingerprint density at radius 2 is 2.04 bits per heavy atom. The van der Waals surface area contributed by atoms with Gasteiger partial charge in [0.25, 0.3) is 5.91 Å². The molecule has 0 aliphatic heterocycles. The molecule has 130 valence electrons. The molecule has 0 spiro atoms. The second kappa shape index (κ2) is 7.99. The normalized spacial score (nSPS) is 12.4. The average molecular weight is 331 g/mol. The molecule has 1 aromatic heterocycles. The number of fused-ring (bicyclic) bond motifs is 1. The fourth-order valence-corrected chi connectivity index (χ4v) is 2.17. The molecule has 2 aromatic rings. The lowest BCUT2D eigenvalue weighted by Crippen LogP contribution is -2.38. The molecular weight excluding hydrogens is 306 g/mol. The maximum atomic E-state index is 12.3. The van der Waals surface area contributed by atoms with E-state index in [2.05, 4.69) is 12.2 Å². The highest BCUT2D eigenvalue weighted by atomic mass is 16.5. The second-order valence-electron chi connectivity index (χ2n) is 6.33. The van der Waals surface area contributed by atoms with Crippen LogP contribution in [0, 0.1) is 5.92 Å². The summed E-state index contributed by atoms with van der Waals surface area (Å²) in [7, 11) is 0. The van der Waals surface area contributed by atoms with Crippen LogP contribution in [0.5, 0.6) is 5.75 Å². The van der Waals surface area contributed by atoms with Crippen LogP contribution in [0.25, 0.3) is 11.0 Å². The van der Waals surface area contributed by atoms with Crippen molar-refractivity contribution in [1.82, 2.24) is 5.32 Å². The van der Waals surface area contributed by atoms with Crippen molar-refractivity contribution in [3.63, 3.8) is 0 Å².